The predicted molar refractivity (Wildman–Crippen MR) is 70.5 cm³/mol. The number of hydrogen-bond acceptors (Lipinski definition) is 2. The molecule has 1 aromatic carbocycles. The summed E-state index contributed by atoms with van der Waals surface area (Å²) >= 11 is 11.5. The Balaban J connectivity index is 1.96. The van der Waals surface area contributed by atoms with Crippen molar-refractivity contribution in [3.63, 3.8) is 0 Å². The third kappa shape index (κ3) is 3.24. The fraction of sp³-hybridized carbons (Fsp3) is 0.500. The van der Waals surface area contributed by atoms with E-state index in [1.54, 1.807) is 12.1 Å². The third-order valence-electron chi connectivity index (χ3n) is 3.08. The van der Waals surface area contributed by atoms with Crippen LogP contribution < -0.4 is 10.6 Å². The summed E-state index contributed by atoms with van der Waals surface area (Å²) in [6, 6.07) is 3.24. The third-order valence-corrected chi connectivity index (χ3v) is 3.86. The molecule has 2 N–H and O–H groups in total. The molecule has 1 aliphatic rings. The first-order valence-electron chi connectivity index (χ1n) is 5.76. The minimum atomic E-state index is -0.465. The summed E-state index contributed by atoms with van der Waals surface area (Å²) in [5.41, 5.74) is 0.429. The largest absolute Gasteiger partial charge is 0.382 e. The average molecular weight is 277 g/mol. The van der Waals surface area contributed by atoms with Crippen molar-refractivity contribution in [2.45, 2.75) is 12.8 Å². The highest BCUT2D eigenvalue weighted by molar-refractivity contribution is 6.42. The molecule has 2 rings (SSSR count). The summed E-state index contributed by atoms with van der Waals surface area (Å²) in [4.78, 5) is 0. The molecule has 0 atom stereocenters. The van der Waals surface area contributed by atoms with Crippen LogP contribution in [0.15, 0.2) is 12.1 Å². The molecule has 0 spiro atoms. The lowest BCUT2D eigenvalue weighted by atomic mass is 9.98. The molecule has 1 saturated heterocycles. The Morgan fingerprint density at radius 3 is 2.71 bits per heavy atom. The molecular weight excluding hydrogens is 262 g/mol. The number of rotatable bonds is 3. The Hall–Kier alpha value is -0.510. The Morgan fingerprint density at radius 2 is 2.00 bits per heavy atom. The molecule has 94 valence electrons. The van der Waals surface area contributed by atoms with Gasteiger partial charge in [0.1, 0.15) is 0 Å². The monoisotopic (exact) mass is 276 g/mol. The quantitative estimate of drug-likeness (QED) is 0.826. The minimum absolute atomic E-state index is 0.0121. The van der Waals surface area contributed by atoms with Crippen LogP contribution in [-0.4, -0.2) is 19.6 Å². The predicted octanol–water partition coefficient (Wildman–Crippen LogP) is 3.54. The van der Waals surface area contributed by atoms with Gasteiger partial charge in [-0.2, -0.15) is 0 Å². The molecule has 2 nitrogen and oxygen atoms in total. The molecule has 1 fully saturated rings. The molecule has 1 aromatic rings. The highest BCUT2D eigenvalue weighted by Crippen LogP contribution is 2.30. The molecule has 5 heteroatoms. The van der Waals surface area contributed by atoms with E-state index in [1.165, 1.54) is 0 Å². The van der Waals surface area contributed by atoms with Gasteiger partial charge in [-0.05, 0) is 44.0 Å². The van der Waals surface area contributed by atoms with Crippen LogP contribution in [0.25, 0.3) is 0 Å². The summed E-state index contributed by atoms with van der Waals surface area (Å²) in [5, 5.41) is 6.64. The molecular formula is C12H15Cl2FN2. The number of benzene rings is 1. The maximum absolute atomic E-state index is 13.7. The van der Waals surface area contributed by atoms with Gasteiger partial charge in [0.2, 0.25) is 0 Å². The Morgan fingerprint density at radius 1 is 1.29 bits per heavy atom. The van der Waals surface area contributed by atoms with Gasteiger partial charge in [0.05, 0.1) is 15.7 Å². The molecule has 1 aliphatic heterocycles. The number of anilines is 1. The van der Waals surface area contributed by atoms with E-state index < -0.39 is 5.82 Å². The molecule has 0 saturated carbocycles. The van der Waals surface area contributed by atoms with E-state index in [1.807, 2.05) is 0 Å². The summed E-state index contributed by atoms with van der Waals surface area (Å²) < 4.78 is 13.7. The van der Waals surface area contributed by atoms with Crippen LogP contribution in [0.1, 0.15) is 12.8 Å². The maximum atomic E-state index is 13.7. The lowest BCUT2D eigenvalue weighted by molar-refractivity contribution is 0.389. The fourth-order valence-corrected chi connectivity index (χ4v) is 2.31. The van der Waals surface area contributed by atoms with Crippen molar-refractivity contribution in [2.75, 3.05) is 25.0 Å². The molecule has 0 aromatic heterocycles. The van der Waals surface area contributed by atoms with Crippen molar-refractivity contribution in [3.05, 3.63) is 28.0 Å². The first-order chi connectivity index (χ1) is 8.18. The van der Waals surface area contributed by atoms with Gasteiger partial charge in [0.15, 0.2) is 5.82 Å². The van der Waals surface area contributed by atoms with Crippen LogP contribution in [0.4, 0.5) is 10.1 Å². The summed E-state index contributed by atoms with van der Waals surface area (Å²) in [6.07, 6.45) is 2.24. The minimum Gasteiger partial charge on any atom is -0.382 e. The van der Waals surface area contributed by atoms with E-state index in [0.717, 1.165) is 32.5 Å². The van der Waals surface area contributed by atoms with Crippen LogP contribution in [0, 0.1) is 11.7 Å². The van der Waals surface area contributed by atoms with Gasteiger partial charge in [-0.15, -0.1) is 0 Å². The fourth-order valence-electron chi connectivity index (χ4n) is 2.00. The van der Waals surface area contributed by atoms with Gasteiger partial charge < -0.3 is 10.6 Å². The van der Waals surface area contributed by atoms with E-state index in [2.05, 4.69) is 10.6 Å². The van der Waals surface area contributed by atoms with Crippen molar-refractivity contribution in [3.8, 4) is 0 Å². The zero-order valence-corrected chi connectivity index (χ0v) is 10.9. The van der Waals surface area contributed by atoms with Crippen LogP contribution in [0.2, 0.25) is 10.0 Å². The smallest absolute Gasteiger partial charge is 0.166 e. The van der Waals surface area contributed by atoms with Crippen molar-refractivity contribution in [2.24, 2.45) is 5.92 Å². The van der Waals surface area contributed by atoms with Crippen molar-refractivity contribution >= 4 is 28.9 Å². The molecule has 1 heterocycles. The van der Waals surface area contributed by atoms with Gasteiger partial charge in [0.25, 0.3) is 0 Å². The molecule has 0 aliphatic carbocycles. The number of halogens is 3. The van der Waals surface area contributed by atoms with E-state index in [-0.39, 0.29) is 10.0 Å². The highest BCUT2D eigenvalue weighted by atomic mass is 35.5. The Labute approximate surface area is 110 Å². The highest BCUT2D eigenvalue weighted by Gasteiger charge is 2.15. The topological polar surface area (TPSA) is 24.1 Å². The summed E-state index contributed by atoms with van der Waals surface area (Å²) in [6.45, 7) is 2.85. The molecule has 17 heavy (non-hydrogen) atoms. The second kappa shape index (κ2) is 5.89. The Kier molecular flexibility index (Phi) is 4.48. The second-order valence-electron chi connectivity index (χ2n) is 4.30. The van der Waals surface area contributed by atoms with Crippen LogP contribution >= 0.6 is 23.2 Å². The average Bonchev–Trinajstić information content (AvgIpc) is 2.36. The van der Waals surface area contributed by atoms with E-state index in [9.17, 15) is 4.39 Å². The number of piperidine rings is 1. The van der Waals surface area contributed by atoms with Crippen molar-refractivity contribution in [1.29, 1.82) is 0 Å². The summed E-state index contributed by atoms with van der Waals surface area (Å²) in [5.74, 6) is 0.123. The van der Waals surface area contributed by atoms with Crippen LogP contribution in [-0.2, 0) is 0 Å². The Bertz CT molecular complexity index is 392. The zero-order chi connectivity index (χ0) is 12.3. The van der Waals surface area contributed by atoms with E-state index in [4.69, 9.17) is 23.2 Å². The molecule has 0 amide bonds. The van der Waals surface area contributed by atoms with Gasteiger partial charge in [-0.3, -0.25) is 0 Å². The zero-order valence-electron chi connectivity index (χ0n) is 9.40. The SMILES string of the molecule is Fc1c(NCC2CCNCC2)ccc(Cl)c1Cl. The lowest BCUT2D eigenvalue weighted by Crippen LogP contribution is -2.31. The number of nitrogens with one attached hydrogen (secondary N) is 2. The van der Waals surface area contributed by atoms with Crippen molar-refractivity contribution in [1.82, 2.24) is 5.32 Å². The first kappa shape index (κ1) is 12.9. The summed E-state index contributed by atoms with van der Waals surface area (Å²) in [7, 11) is 0. The second-order valence-corrected chi connectivity index (χ2v) is 5.08. The van der Waals surface area contributed by atoms with Gasteiger partial charge in [-0.1, -0.05) is 23.2 Å². The van der Waals surface area contributed by atoms with Crippen LogP contribution in [0.5, 0.6) is 0 Å². The number of hydrogen-bond donors (Lipinski definition) is 2. The van der Waals surface area contributed by atoms with Crippen LogP contribution in [0.3, 0.4) is 0 Å². The van der Waals surface area contributed by atoms with E-state index in [0.29, 0.717) is 11.6 Å². The van der Waals surface area contributed by atoms with Crippen molar-refractivity contribution < 1.29 is 4.39 Å². The molecule has 0 unspecified atom stereocenters. The lowest BCUT2D eigenvalue weighted by Gasteiger charge is -2.23. The standard InChI is InChI=1S/C12H15Cl2FN2/c13-9-1-2-10(12(15)11(9)14)17-7-8-3-5-16-6-4-8/h1-2,8,16-17H,3-7H2. The van der Waals surface area contributed by atoms with Gasteiger partial charge in [0, 0.05) is 6.54 Å². The van der Waals surface area contributed by atoms with Gasteiger partial charge >= 0.3 is 0 Å². The normalized spacial score (nSPS) is 17.1. The maximum Gasteiger partial charge on any atom is 0.166 e. The molecule has 0 bridgehead atoms. The molecule has 0 radical (unpaired) electrons. The first-order valence-corrected chi connectivity index (χ1v) is 6.52. The van der Waals surface area contributed by atoms with E-state index >= 15 is 0 Å². The van der Waals surface area contributed by atoms with Gasteiger partial charge in [-0.25, -0.2) is 4.39 Å².